The van der Waals surface area contributed by atoms with Crippen LogP contribution in [0.25, 0.3) is 0 Å². The zero-order valence-electron chi connectivity index (χ0n) is 13.4. The number of benzene rings is 1. The maximum Gasteiger partial charge on any atom is 0.251 e. The minimum atomic E-state index is -0.0246. The Balaban J connectivity index is 1.72. The van der Waals surface area contributed by atoms with E-state index in [-0.39, 0.29) is 11.4 Å². The fourth-order valence-electron chi connectivity index (χ4n) is 3.75. The molecule has 0 aliphatic carbocycles. The van der Waals surface area contributed by atoms with Gasteiger partial charge in [0.1, 0.15) is 0 Å². The normalized spacial score (nSPS) is 25.4. The van der Waals surface area contributed by atoms with Crippen LogP contribution in [-0.2, 0) is 0 Å². The molecule has 0 unspecified atom stereocenters. The summed E-state index contributed by atoms with van der Waals surface area (Å²) < 4.78 is 0. The second-order valence-electron chi connectivity index (χ2n) is 7.14. The summed E-state index contributed by atoms with van der Waals surface area (Å²) >= 11 is 0. The van der Waals surface area contributed by atoms with Gasteiger partial charge in [-0.3, -0.25) is 9.69 Å². The van der Waals surface area contributed by atoms with Crippen LogP contribution in [0.1, 0.15) is 37.6 Å². The third-order valence-electron chi connectivity index (χ3n) is 4.79. The molecular weight excluding hydrogens is 262 g/mol. The lowest BCUT2D eigenvalue weighted by atomic mass is 10.0. The average Bonchev–Trinajstić information content (AvgIpc) is 3.06. The molecule has 1 aromatic rings. The molecule has 2 fully saturated rings. The van der Waals surface area contributed by atoms with Crippen LogP contribution in [0.3, 0.4) is 0 Å². The number of likely N-dealkylation sites (tertiary alicyclic amines) is 1. The molecule has 0 radical (unpaired) electrons. The fraction of sp³-hybridized carbons (Fsp3) is 0.588. The van der Waals surface area contributed by atoms with E-state index < -0.39 is 0 Å². The molecular formula is C17H25N3O. The first-order valence-corrected chi connectivity index (χ1v) is 7.75. The highest BCUT2D eigenvalue weighted by Crippen LogP contribution is 2.38. The van der Waals surface area contributed by atoms with Gasteiger partial charge in [0.05, 0.1) is 0 Å². The monoisotopic (exact) mass is 287 g/mol. The predicted octanol–water partition coefficient (Wildman–Crippen LogP) is 2.11. The first-order chi connectivity index (χ1) is 9.90. The molecule has 21 heavy (non-hydrogen) atoms. The fourth-order valence-corrected chi connectivity index (χ4v) is 3.75. The van der Waals surface area contributed by atoms with E-state index in [1.165, 1.54) is 12.1 Å². The Morgan fingerprint density at radius 1 is 1.14 bits per heavy atom. The molecule has 2 bridgehead atoms. The maximum atomic E-state index is 11.6. The Hall–Kier alpha value is -1.55. The summed E-state index contributed by atoms with van der Waals surface area (Å²) in [6.07, 6.45) is 1.26. The van der Waals surface area contributed by atoms with Gasteiger partial charge in [0.25, 0.3) is 5.91 Å². The van der Waals surface area contributed by atoms with E-state index in [0.717, 1.165) is 18.7 Å². The standard InChI is InChI=1S/C17H25N3O/c1-17(2,3)20-11-14-9-15(20)10-19(14)13-7-5-12(6-8-13)16(21)18-4/h5-8,14-15H,9-11H2,1-4H3,(H,18,21)/t14-,15-/m1/s1. The smallest absolute Gasteiger partial charge is 0.251 e. The summed E-state index contributed by atoms with van der Waals surface area (Å²) in [5, 5.41) is 2.66. The molecule has 2 heterocycles. The molecule has 2 saturated heterocycles. The van der Waals surface area contributed by atoms with Crippen molar-refractivity contribution in [2.75, 3.05) is 25.0 Å². The second-order valence-corrected chi connectivity index (χ2v) is 7.14. The number of nitrogens with one attached hydrogen (secondary N) is 1. The van der Waals surface area contributed by atoms with Gasteiger partial charge in [-0.05, 0) is 51.5 Å². The van der Waals surface area contributed by atoms with Crippen molar-refractivity contribution in [3.63, 3.8) is 0 Å². The number of carbonyl (C=O) groups is 1. The van der Waals surface area contributed by atoms with Crippen LogP contribution < -0.4 is 10.2 Å². The van der Waals surface area contributed by atoms with Gasteiger partial charge in [-0.1, -0.05) is 0 Å². The quantitative estimate of drug-likeness (QED) is 0.905. The molecule has 4 heteroatoms. The summed E-state index contributed by atoms with van der Waals surface area (Å²) in [5.74, 6) is -0.0246. The lowest BCUT2D eigenvalue weighted by molar-refractivity contribution is 0.0963. The van der Waals surface area contributed by atoms with Crippen LogP contribution in [0.4, 0.5) is 5.69 Å². The van der Waals surface area contributed by atoms with Gasteiger partial charge in [-0.15, -0.1) is 0 Å². The first-order valence-electron chi connectivity index (χ1n) is 7.75. The predicted molar refractivity (Wildman–Crippen MR) is 85.8 cm³/mol. The van der Waals surface area contributed by atoms with Gasteiger partial charge >= 0.3 is 0 Å². The van der Waals surface area contributed by atoms with Crippen molar-refractivity contribution in [1.29, 1.82) is 0 Å². The van der Waals surface area contributed by atoms with Gasteiger partial charge < -0.3 is 10.2 Å². The third kappa shape index (κ3) is 2.53. The zero-order chi connectivity index (χ0) is 15.2. The number of anilines is 1. The molecule has 0 aromatic heterocycles. The maximum absolute atomic E-state index is 11.6. The molecule has 2 aliphatic heterocycles. The van der Waals surface area contributed by atoms with Crippen molar-refractivity contribution in [2.24, 2.45) is 0 Å². The number of rotatable bonds is 2. The van der Waals surface area contributed by atoms with Crippen LogP contribution in [0, 0.1) is 0 Å². The molecule has 2 atom stereocenters. The van der Waals surface area contributed by atoms with E-state index in [2.05, 4.69) is 48.0 Å². The Labute approximate surface area is 127 Å². The molecule has 1 N–H and O–H groups in total. The molecule has 1 aromatic carbocycles. The number of hydrogen-bond acceptors (Lipinski definition) is 3. The molecule has 0 spiro atoms. The van der Waals surface area contributed by atoms with Crippen LogP contribution in [-0.4, -0.2) is 48.6 Å². The van der Waals surface area contributed by atoms with Crippen molar-refractivity contribution < 1.29 is 4.79 Å². The second kappa shape index (κ2) is 5.02. The van der Waals surface area contributed by atoms with Crippen LogP contribution >= 0.6 is 0 Å². The van der Waals surface area contributed by atoms with Crippen LogP contribution in [0.5, 0.6) is 0 Å². The molecule has 3 rings (SSSR count). The summed E-state index contributed by atoms with van der Waals surface area (Å²) in [6, 6.07) is 9.26. The summed E-state index contributed by atoms with van der Waals surface area (Å²) in [4.78, 5) is 16.7. The van der Waals surface area contributed by atoms with Crippen molar-refractivity contribution >= 4 is 11.6 Å². The third-order valence-corrected chi connectivity index (χ3v) is 4.79. The lowest BCUT2D eigenvalue weighted by Gasteiger charge is -2.42. The Morgan fingerprint density at radius 2 is 1.81 bits per heavy atom. The van der Waals surface area contributed by atoms with E-state index in [9.17, 15) is 4.79 Å². The van der Waals surface area contributed by atoms with Crippen molar-refractivity contribution in [2.45, 2.75) is 44.8 Å². The summed E-state index contributed by atoms with van der Waals surface area (Å²) in [5.41, 5.74) is 2.22. The largest absolute Gasteiger partial charge is 0.366 e. The van der Waals surface area contributed by atoms with E-state index in [4.69, 9.17) is 0 Å². The number of piperazine rings is 1. The van der Waals surface area contributed by atoms with Crippen molar-refractivity contribution in [3.05, 3.63) is 29.8 Å². The van der Waals surface area contributed by atoms with Gasteiger partial charge in [0, 0.05) is 49.0 Å². The van der Waals surface area contributed by atoms with Gasteiger partial charge in [0.2, 0.25) is 0 Å². The van der Waals surface area contributed by atoms with E-state index in [1.807, 2.05) is 12.1 Å². The number of carbonyl (C=O) groups excluding carboxylic acids is 1. The lowest BCUT2D eigenvalue weighted by Crippen LogP contribution is -2.53. The Bertz CT molecular complexity index is 532. The number of fused-ring (bicyclic) bond motifs is 2. The van der Waals surface area contributed by atoms with E-state index in [1.54, 1.807) is 7.05 Å². The van der Waals surface area contributed by atoms with Crippen molar-refractivity contribution in [1.82, 2.24) is 10.2 Å². The van der Waals surface area contributed by atoms with Gasteiger partial charge in [-0.2, -0.15) is 0 Å². The highest BCUT2D eigenvalue weighted by Gasteiger charge is 2.46. The summed E-state index contributed by atoms with van der Waals surface area (Å²) in [6.45, 7) is 9.15. The first kappa shape index (κ1) is 14.4. The highest BCUT2D eigenvalue weighted by atomic mass is 16.1. The van der Waals surface area contributed by atoms with Crippen molar-refractivity contribution in [3.8, 4) is 0 Å². The Kier molecular flexibility index (Phi) is 3.44. The SMILES string of the molecule is CNC(=O)c1ccc(N2C[C@H]3C[C@@H]2CN3C(C)(C)C)cc1. The van der Waals surface area contributed by atoms with E-state index in [0.29, 0.717) is 12.1 Å². The average molecular weight is 287 g/mol. The Morgan fingerprint density at radius 3 is 2.29 bits per heavy atom. The minimum Gasteiger partial charge on any atom is -0.366 e. The molecule has 4 nitrogen and oxygen atoms in total. The minimum absolute atomic E-state index is 0.0246. The number of hydrogen-bond donors (Lipinski definition) is 1. The molecule has 114 valence electrons. The molecule has 2 aliphatic rings. The van der Waals surface area contributed by atoms with Crippen LogP contribution in [0.2, 0.25) is 0 Å². The van der Waals surface area contributed by atoms with Gasteiger partial charge in [-0.25, -0.2) is 0 Å². The topological polar surface area (TPSA) is 35.6 Å². The number of amides is 1. The molecule has 1 amide bonds. The van der Waals surface area contributed by atoms with Crippen LogP contribution in [0.15, 0.2) is 24.3 Å². The highest BCUT2D eigenvalue weighted by molar-refractivity contribution is 5.94. The van der Waals surface area contributed by atoms with Gasteiger partial charge in [0.15, 0.2) is 0 Å². The summed E-state index contributed by atoms with van der Waals surface area (Å²) in [7, 11) is 1.66. The van der Waals surface area contributed by atoms with E-state index >= 15 is 0 Å². The number of nitrogens with zero attached hydrogens (tertiary/aromatic N) is 2. The zero-order valence-corrected chi connectivity index (χ0v) is 13.4. The molecule has 0 saturated carbocycles.